The zero-order chi connectivity index (χ0) is 18.4. The van der Waals surface area contributed by atoms with Crippen molar-refractivity contribution in [3.8, 4) is 22.6 Å². The van der Waals surface area contributed by atoms with Gasteiger partial charge in [0.15, 0.2) is 6.10 Å². The molecule has 0 saturated carbocycles. The van der Waals surface area contributed by atoms with Crippen LogP contribution in [-0.4, -0.2) is 24.3 Å². The van der Waals surface area contributed by atoms with Crippen LogP contribution in [0, 0.1) is 0 Å². The molecule has 0 saturated heterocycles. The average molecular weight is 348 g/mol. The Morgan fingerprint density at radius 1 is 0.923 bits per heavy atom. The molecular weight excluding hydrogens is 328 g/mol. The molecule has 1 atom stereocenters. The van der Waals surface area contributed by atoms with E-state index in [4.69, 9.17) is 9.47 Å². The van der Waals surface area contributed by atoms with Crippen molar-refractivity contribution in [3.63, 3.8) is 0 Å². The fraction of sp³-hybridized carbons (Fsp3) is 0.136. The summed E-state index contributed by atoms with van der Waals surface area (Å²) in [5.41, 5.74) is 2.87. The molecule has 3 rings (SSSR count). The quantitative estimate of drug-likeness (QED) is 0.686. The molecule has 0 aromatic heterocycles. The summed E-state index contributed by atoms with van der Waals surface area (Å²) >= 11 is 0. The first kappa shape index (κ1) is 17.5. The summed E-state index contributed by atoms with van der Waals surface area (Å²) in [5, 5.41) is 9.46. The van der Waals surface area contributed by atoms with Gasteiger partial charge in [0.05, 0.1) is 7.11 Å². The van der Waals surface area contributed by atoms with Crippen LogP contribution in [0.5, 0.6) is 11.5 Å². The highest BCUT2D eigenvalue weighted by Gasteiger charge is 2.20. The Hall–Kier alpha value is -3.27. The van der Waals surface area contributed by atoms with E-state index in [0.29, 0.717) is 12.2 Å². The maximum absolute atomic E-state index is 11.5. The topological polar surface area (TPSA) is 55.8 Å². The molecule has 4 heteroatoms. The highest BCUT2D eigenvalue weighted by atomic mass is 16.5. The monoisotopic (exact) mass is 348 g/mol. The lowest BCUT2D eigenvalue weighted by atomic mass is 10.0. The van der Waals surface area contributed by atoms with E-state index in [-0.39, 0.29) is 0 Å². The van der Waals surface area contributed by atoms with E-state index in [1.54, 1.807) is 19.2 Å². The summed E-state index contributed by atoms with van der Waals surface area (Å²) in [6.07, 6.45) is -0.626. The van der Waals surface area contributed by atoms with Gasteiger partial charge in [-0.3, -0.25) is 0 Å². The standard InChI is InChI=1S/C22H20O4/c1-25-20-10-6-5-9-19(20)17-11-13-18(14-12-17)26-21(22(23)24)15-16-7-3-2-4-8-16/h2-14,21H,15H2,1H3,(H,23,24)/t21-/m0/s1. The first-order valence-corrected chi connectivity index (χ1v) is 8.34. The number of aliphatic carboxylic acids is 1. The number of hydrogen-bond donors (Lipinski definition) is 1. The fourth-order valence-corrected chi connectivity index (χ4v) is 2.77. The number of benzene rings is 3. The van der Waals surface area contributed by atoms with Crippen LogP contribution in [0.3, 0.4) is 0 Å². The molecule has 0 spiro atoms. The summed E-state index contributed by atoms with van der Waals surface area (Å²) < 4.78 is 11.1. The number of carbonyl (C=O) groups is 1. The van der Waals surface area contributed by atoms with Gasteiger partial charge in [0.1, 0.15) is 11.5 Å². The number of methoxy groups -OCH3 is 1. The lowest BCUT2D eigenvalue weighted by Gasteiger charge is -2.16. The molecule has 0 bridgehead atoms. The third-order valence-corrected chi connectivity index (χ3v) is 4.09. The summed E-state index contributed by atoms with van der Waals surface area (Å²) in [6, 6.07) is 24.6. The Labute approximate surface area is 152 Å². The summed E-state index contributed by atoms with van der Waals surface area (Å²) in [5.74, 6) is 0.322. The number of carboxylic acids is 1. The van der Waals surface area contributed by atoms with E-state index >= 15 is 0 Å². The average Bonchev–Trinajstić information content (AvgIpc) is 2.69. The minimum atomic E-state index is -0.984. The van der Waals surface area contributed by atoms with Crippen molar-refractivity contribution < 1.29 is 19.4 Å². The highest BCUT2D eigenvalue weighted by molar-refractivity contribution is 5.74. The van der Waals surface area contributed by atoms with Crippen molar-refractivity contribution in [1.82, 2.24) is 0 Å². The largest absolute Gasteiger partial charge is 0.496 e. The number of hydrogen-bond acceptors (Lipinski definition) is 3. The summed E-state index contributed by atoms with van der Waals surface area (Å²) in [4.78, 5) is 11.5. The molecule has 0 unspecified atom stereocenters. The van der Waals surface area contributed by atoms with Crippen molar-refractivity contribution in [2.75, 3.05) is 7.11 Å². The zero-order valence-electron chi connectivity index (χ0n) is 14.5. The Morgan fingerprint density at radius 2 is 1.58 bits per heavy atom. The van der Waals surface area contributed by atoms with Crippen molar-refractivity contribution >= 4 is 5.97 Å². The minimum absolute atomic E-state index is 0.310. The molecule has 0 heterocycles. The highest BCUT2D eigenvalue weighted by Crippen LogP contribution is 2.30. The van der Waals surface area contributed by atoms with Crippen LogP contribution in [0.2, 0.25) is 0 Å². The van der Waals surface area contributed by atoms with Gasteiger partial charge in [-0.2, -0.15) is 0 Å². The van der Waals surface area contributed by atoms with Crippen LogP contribution in [-0.2, 0) is 11.2 Å². The van der Waals surface area contributed by atoms with E-state index < -0.39 is 12.1 Å². The summed E-state index contributed by atoms with van der Waals surface area (Å²) in [6.45, 7) is 0. The molecule has 0 aliphatic heterocycles. The molecule has 132 valence electrons. The van der Waals surface area contributed by atoms with Crippen molar-refractivity contribution in [2.24, 2.45) is 0 Å². The van der Waals surface area contributed by atoms with Crippen molar-refractivity contribution in [3.05, 3.63) is 84.4 Å². The molecule has 26 heavy (non-hydrogen) atoms. The third-order valence-electron chi connectivity index (χ3n) is 4.09. The first-order chi connectivity index (χ1) is 12.7. The van der Waals surface area contributed by atoms with E-state index in [1.807, 2.05) is 66.7 Å². The molecule has 1 N–H and O–H groups in total. The normalized spacial score (nSPS) is 11.6. The Balaban J connectivity index is 1.76. The molecule has 4 nitrogen and oxygen atoms in total. The van der Waals surface area contributed by atoms with Crippen LogP contribution >= 0.6 is 0 Å². The van der Waals surface area contributed by atoms with Gasteiger partial charge in [0, 0.05) is 12.0 Å². The first-order valence-electron chi connectivity index (χ1n) is 8.34. The predicted molar refractivity (Wildman–Crippen MR) is 101 cm³/mol. The number of rotatable bonds is 7. The van der Waals surface area contributed by atoms with Crippen LogP contribution in [0.15, 0.2) is 78.9 Å². The Morgan fingerprint density at radius 3 is 2.23 bits per heavy atom. The zero-order valence-corrected chi connectivity index (χ0v) is 14.5. The van der Waals surface area contributed by atoms with Crippen LogP contribution < -0.4 is 9.47 Å². The van der Waals surface area contributed by atoms with Crippen molar-refractivity contribution in [1.29, 1.82) is 0 Å². The van der Waals surface area contributed by atoms with Crippen molar-refractivity contribution in [2.45, 2.75) is 12.5 Å². The third kappa shape index (κ3) is 4.22. The smallest absolute Gasteiger partial charge is 0.345 e. The molecule has 0 fully saturated rings. The van der Waals surface area contributed by atoms with Gasteiger partial charge in [-0.25, -0.2) is 4.79 Å². The molecule has 0 amide bonds. The predicted octanol–water partition coefficient (Wildman–Crippen LogP) is 4.44. The van der Waals surface area contributed by atoms with Gasteiger partial charge < -0.3 is 14.6 Å². The molecule has 0 aliphatic carbocycles. The maximum Gasteiger partial charge on any atom is 0.345 e. The van der Waals surface area contributed by atoms with Crippen LogP contribution in [0.4, 0.5) is 0 Å². The fourth-order valence-electron chi connectivity index (χ4n) is 2.77. The van der Waals surface area contributed by atoms with Gasteiger partial charge in [0.25, 0.3) is 0 Å². The van der Waals surface area contributed by atoms with E-state index in [0.717, 1.165) is 22.4 Å². The van der Waals surface area contributed by atoms with Gasteiger partial charge in [0.2, 0.25) is 0 Å². The second-order valence-corrected chi connectivity index (χ2v) is 5.86. The molecule has 0 aliphatic rings. The lowest BCUT2D eigenvalue weighted by Crippen LogP contribution is -2.29. The van der Waals surface area contributed by atoms with Crippen LogP contribution in [0.25, 0.3) is 11.1 Å². The van der Waals surface area contributed by atoms with Gasteiger partial charge in [-0.15, -0.1) is 0 Å². The lowest BCUT2D eigenvalue weighted by molar-refractivity contribution is -0.145. The minimum Gasteiger partial charge on any atom is -0.496 e. The van der Waals surface area contributed by atoms with E-state index in [1.165, 1.54) is 0 Å². The van der Waals surface area contributed by atoms with E-state index in [2.05, 4.69) is 0 Å². The number of ether oxygens (including phenoxy) is 2. The van der Waals surface area contributed by atoms with Gasteiger partial charge >= 0.3 is 5.97 Å². The molecular formula is C22H20O4. The SMILES string of the molecule is COc1ccccc1-c1ccc(O[C@@H](Cc2ccccc2)C(=O)O)cc1. The Kier molecular flexibility index (Phi) is 5.54. The summed E-state index contributed by atoms with van der Waals surface area (Å²) in [7, 11) is 1.64. The van der Waals surface area contributed by atoms with Crippen LogP contribution in [0.1, 0.15) is 5.56 Å². The number of carboxylic acid groups (broad SMARTS) is 1. The second-order valence-electron chi connectivity index (χ2n) is 5.86. The Bertz CT molecular complexity index is 857. The molecule has 0 radical (unpaired) electrons. The maximum atomic E-state index is 11.5. The molecule has 3 aromatic carbocycles. The van der Waals surface area contributed by atoms with Gasteiger partial charge in [-0.05, 0) is 29.3 Å². The molecule has 3 aromatic rings. The number of para-hydroxylation sites is 1. The van der Waals surface area contributed by atoms with E-state index in [9.17, 15) is 9.90 Å². The van der Waals surface area contributed by atoms with Gasteiger partial charge in [-0.1, -0.05) is 60.7 Å². The second kappa shape index (κ2) is 8.21.